The molecule has 1 heterocycles. The highest BCUT2D eigenvalue weighted by Crippen LogP contribution is 2.38. The highest BCUT2D eigenvalue weighted by Gasteiger charge is 2.32. The number of carbonyl (C=O) groups is 2. The molecule has 1 atom stereocenters. The maximum atomic E-state index is 11.7. The standard InChI is InChI=1S/C13H15N3O2S2/c1-8(17)14-13-15-16(9(2)18)12(20-13)10-4-6-11(19-3)7-5-10/h4-7,12H,1-3H3,(H,14,15,17)/t12-/m0/s1. The van der Waals surface area contributed by atoms with Crippen LogP contribution < -0.4 is 5.32 Å². The summed E-state index contributed by atoms with van der Waals surface area (Å²) in [6, 6.07) is 7.97. The average molecular weight is 309 g/mol. The van der Waals surface area contributed by atoms with Gasteiger partial charge in [-0.1, -0.05) is 23.9 Å². The van der Waals surface area contributed by atoms with Gasteiger partial charge in [0.25, 0.3) is 0 Å². The molecule has 1 aromatic carbocycles. The van der Waals surface area contributed by atoms with E-state index in [2.05, 4.69) is 10.4 Å². The van der Waals surface area contributed by atoms with Gasteiger partial charge in [0.2, 0.25) is 11.8 Å². The van der Waals surface area contributed by atoms with Crippen molar-refractivity contribution in [3.05, 3.63) is 29.8 Å². The fourth-order valence-electron chi connectivity index (χ4n) is 1.75. The van der Waals surface area contributed by atoms with Gasteiger partial charge in [0.05, 0.1) is 0 Å². The van der Waals surface area contributed by atoms with Gasteiger partial charge >= 0.3 is 0 Å². The summed E-state index contributed by atoms with van der Waals surface area (Å²) in [5.41, 5.74) is 0.979. The van der Waals surface area contributed by atoms with Crippen LogP contribution in [0.1, 0.15) is 24.8 Å². The molecule has 0 aromatic heterocycles. The van der Waals surface area contributed by atoms with E-state index >= 15 is 0 Å². The first-order valence-electron chi connectivity index (χ1n) is 5.98. The Kier molecular flexibility index (Phi) is 4.72. The first-order chi connectivity index (χ1) is 9.51. The smallest absolute Gasteiger partial charge is 0.241 e. The molecule has 2 amide bonds. The van der Waals surface area contributed by atoms with E-state index in [1.54, 1.807) is 11.8 Å². The summed E-state index contributed by atoms with van der Waals surface area (Å²) in [6.07, 6.45) is 2.01. The molecule has 0 spiro atoms. The van der Waals surface area contributed by atoms with Gasteiger partial charge in [0, 0.05) is 18.7 Å². The summed E-state index contributed by atoms with van der Waals surface area (Å²) in [7, 11) is 0. The van der Waals surface area contributed by atoms with E-state index in [1.165, 1.54) is 30.6 Å². The third kappa shape index (κ3) is 3.34. The van der Waals surface area contributed by atoms with Crippen LogP contribution in [0, 0.1) is 0 Å². The molecule has 7 heteroatoms. The Hall–Kier alpha value is -1.47. The number of hydrogen-bond acceptors (Lipinski definition) is 5. The Labute approximate surface area is 126 Å². The van der Waals surface area contributed by atoms with E-state index in [-0.39, 0.29) is 17.2 Å². The zero-order chi connectivity index (χ0) is 14.7. The van der Waals surface area contributed by atoms with Gasteiger partial charge in [-0.25, -0.2) is 5.01 Å². The summed E-state index contributed by atoms with van der Waals surface area (Å²) in [5, 5.41) is 8.39. The topological polar surface area (TPSA) is 61.8 Å². The lowest BCUT2D eigenvalue weighted by Crippen LogP contribution is -2.25. The molecule has 0 bridgehead atoms. The van der Waals surface area contributed by atoms with Crippen molar-refractivity contribution in [1.29, 1.82) is 0 Å². The Morgan fingerprint density at radius 3 is 2.45 bits per heavy atom. The molecule has 0 saturated carbocycles. The zero-order valence-electron chi connectivity index (χ0n) is 11.4. The van der Waals surface area contributed by atoms with Crippen LogP contribution in [0.2, 0.25) is 0 Å². The minimum atomic E-state index is -0.231. The quantitative estimate of drug-likeness (QED) is 0.852. The van der Waals surface area contributed by atoms with Crippen LogP contribution in [-0.4, -0.2) is 28.2 Å². The van der Waals surface area contributed by atoms with Crippen LogP contribution in [0.5, 0.6) is 0 Å². The van der Waals surface area contributed by atoms with Gasteiger partial charge in [0.15, 0.2) is 5.17 Å². The van der Waals surface area contributed by atoms with E-state index < -0.39 is 0 Å². The Morgan fingerprint density at radius 2 is 1.95 bits per heavy atom. The monoisotopic (exact) mass is 309 g/mol. The van der Waals surface area contributed by atoms with Gasteiger partial charge in [-0.2, -0.15) is 0 Å². The summed E-state index contributed by atoms with van der Waals surface area (Å²) in [4.78, 5) is 23.9. The first-order valence-corrected chi connectivity index (χ1v) is 8.08. The molecule has 1 N–H and O–H groups in total. The van der Waals surface area contributed by atoms with Gasteiger partial charge in [-0.3, -0.25) is 9.59 Å². The number of thioether (sulfide) groups is 2. The van der Waals surface area contributed by atoms with Gasteiger partial charge in [-0.15, -0.1) is 16.9 Å². The highest BCUT2D eigenvalue weighted by atomic mass is 32.2. The van der Waals surface area contributed by atoms with Crippen LogP contribution in [-0.2, 0) is 9.59 Å². The van der Waals surface area contributed by atoms with Crippen molar-refractivity contribution in [3.63, 3.8) is 0 Å². The molecule has 0 fully saturated rings. The van der Waals surface area contributed by atoms with Crippen molar-refractivity contribution in [2.45, 2.75) is 24.1 Å². The fraction of sp³-hybridized carbons (Fsp3) is 0.308. The molecular formula is C13H15N3O2S2. The van der Waals surface area contributed by atoms with E-state index in [0.717, 1.165) is 10.5 Å². The molecule has 1 aromatic rings. The molecule has 1 aliphatic heterocycles. The predicted octanol–water partition coefficient (Wildman–Crippen LogP) is 2.41. The fourth-order valence-corrected chi connectivity index (χ4v) is 3.29. The second-order valence-electron chi connectivity index (χ2n) is 4.19. The molecule has 1 aliphatic rings. The molecule has 0 unspecified atom stereocenters. The number of hydrogen-bond donors (Lipinski definition) is 1. The Balaban J connectivity index is 2.22. The Morgan fingerprint density at radius 1 is 1.30 bits per heavy atom. The largest absolute Gasteiger partial charge is 0.304 e. The van der Waals surface area contributed by atoms with Gasteiger partial charge in [0.1, 0.15) is 5.37 Å². The summed E-state index contributed by atoms with van der Waals surface area (Å²) < 4.78 is 0. The lowest BCUT2D eigenvalue weighted by molar-refractivity contribution is -0.129. The van der Waals surface area contributed by atoms with Crippen LogP contribution in [0.3, 0.4) is 0 Å². The molecule has 106 valence electrons. The van der Waals surface area contributed by atoms with Crippen molar-refractivity contribution < 1.29 is 9.59 Å². The van der Waals surface area contributed by atoms with Crippen molar-refractivity contribution in [2.24, 2.45) is 5.10 Å². The van der Waals surface area contributed by atoms with Crippen molar-refractivity contribution in [3.8, 4) is 0 Å². The third-order valence-electron chi connectivity index (χ3n) is 2.65. The molecule has 2 rings (SSSR count). The lowest BCUT2D eigenvalue weighted by atomic mass is 10.2. The summed E-state index contributed by atoms with van der Waals surface area (Å²) >= 11 is 3.02. The van der Waals surface area contributed by atoms with Gasteiger partial charge < -0.3 is 5.32 Å². The minimum Gasteiger partial charge on any atom is -0.304 e. The number of benzene rings is 1. The maximum absolute atomic E-state index is 11.7. The normalized spacial score (nSPS) is 17.9. The van der Waals surface area contributed by atoms with Gasteiger partial charge in [-0.05, 0) is 24.0 Å². The summed E-state index contributed by atoms with van der Waals surface area (Å²) in [6.45, 7) is 2.88. The number of amides is 2. The highest BCUT2D eigenvalue weighted by molar-refractivity contribution is 8.14. The van der Waals surface area contributed by atoms with E-state index in [4.69, 9.17) is 0 Å². The second kappa shape index (κ2) is 6.32. The van der Waals surface area contributed by atoms with E-state index in [9.17, 15) is 9.59 Å². The number of nitrogens with one attached hydrogen (secondary N) is 1. The molecule has 0 radical (unpaired) electrons. The van der Waals surface area contributed by atoms with Crippen LogP contribution in [0.4, 0.5) is 0 Å². The van der Waals surface area contributed by atoms with Crippen molar-refractivity contribution in [2.75, 3.05) is 6.26 Å². The summed E-state index contributed by atoms with van der Waals surface area (Å²) in [5.74, 6) is -0.352. The molecule has 0 aliphatic carbocycles. The first kappa shape index (κ1) is 14.9. The second-order valence-corrected chi connectivity index (χ2v) is 6.14. The molecule has 5 nitrogen and oxygen atoms in total. The number of carbonyl (C=O) groups excluding carboxylic acids is 2. The zero-order valence-corrected chi connectivity index (χ0v) is 13.0. The lowest BCUT2D eigenvalue weighted by Gasteiger charge is -2.19. The average Bonchev–Trinajstić information content (AvgIpc) is 2.82. The molecule has 20 heavy (non-hydrogen) atoms. The SMILES string of the molecule is CSc1ccc([C@@H]2SC(NC(C)=O)=NN2C(C)=O)cc1. The Bertz CT molecular complexity index is 557. The molecule has 0 saturated heterocycles. The van der Waals surface area contributed by atoms with Crippen LogP contribution in [0.15, 0.2) is 34.3 Å². The van der Waals surface area contributed by atoms with Crippen LogP contribution in [0.25, 0.3) is 0 Å². The number of amidine groups is 1. The third-order valence-corrected chi connectivity index (χ3v) is 4.50. The maximum Gasteiger partial charge on any atom is 0.241 e. The molecular weight excluding hydrogens is 294 g/mol. The number of rotatable bonds is 2. The van der Waals surface area contributed by atoms with E-state index in [0.29, 0.717) is 5.17 Å². The van der Waals surface area contributed by atoms with E-state index in [1.807, 2.05) is 30.5 Å². The minimum absolute atomic E-state index is 0.156. The van der Waals surface area contributed by atoms with Crippen molar-refractivity contribution >= 4 is 40.5 Å². The predicted molar refractivity (Wildman–Crippen MR) is 82.3 cm³/mol. The number of nitrogens with zero attached hydrogens (tertiary/aromatic N) is 2. The van der Waals surface area contributed by atoms with Crippen LogP contribution >= 0.6 is 23.5 Å². The number of hydrazone groups is 1. The van der Waals surface area contributed by atoms with Crippen molar-refractivity contribution in [1.82, 2.24) is 10.3 Å².